The number of rotatable bonds is 3. The van der Waals surface area contributed by atoms with E-state index in [4.69, 9.17) is 9.47 Å². The Bertz CT molecular complexity index is 465. The van der Waals surface area contributed by atoms with E-state index in [9.17, 15) is 9.59 Å². The van der Waals surface area contributed by atoms with Crippen molar-refractivity contribution in [3.05, 3.63) is 0 Å². The number of hydrogen-bond donors (Lipinski definition) is 1. The van der Waals surface area contributed by atoms with Gasteiger partial charge in [0.05, 0.1) is 11.6 Å². The largest absolute Gasteiger partial charge is 0.443 e. The second-order valence-electron chi connectivity index (χ2n) is 8.09. The quantitative estimate of drug-likeness (QED) is 0.626. The van der Waals surface area contributed by atoms with Crippen LogP contribution in [0.1, 0.15) is 67.2 Å². The molecule has 0 aromatic rings. The van der Waals surface area contributed by atoms with E-state index in [0.717, 1.165) is 25.7 Å². The average molecular weight is 341 g/mol. The Kier molecular flexibility index (Phi) is 6.77. The molecule has 1 aliphatic carbocycles. The van der Waals surface area contributed by atoms with Gasteiger partial charge >= 0.3 is 12.2 Å². The van der Waals surface area contributed by atoms with Crippen molar-refractivity contribution in [1.82, 2.24) is 10.4 Å². The molecule has 0 radical (unpaired) electrons. The number of carbonyl (C=O) groups excluding carboxylic acids is 2. The summed E-state index contributed by atoms with van der Waals surface area (Å²) >= 11 is 0. The first-order valence-electron chi connectivity index (χ1n) is 8.41. The maximum absolute atomic E-state index is 12.6. The van der Waals surface area contributed by atoms with E-state index in [1.165, 1.54) is 5.01 Å². The maximum Gasteiger partial charge on any atom is 0.433 e. The predicted molar refractivity (Wildman–Crippen MR) is 93.0 cm³/mol. The van der Waals surface area contributed by atoms with Crippen LogP contribution in [0.3, 0.4) is 0 Å². The third-order valence-corrected chi connectivity index (χ3v) is 3.63. The van der Waals surface area contributed by atoms with Crippen LogP contribution in [0.5, 0.6) is 0 Å². The number of hydrazine groups is 1. The Morgan fingerprint density at radius 1 is 1.12 bits per heavy atom. The lowest BCUT2D eigenvalue weighted by molar-refractivity contribution is -0.0348. The van der Waals surface area contributed by atoms with Crippen LogP contribution in [0, 0.1) is 0 Å². The third-order valence-electron chi connectivity index (χ3n) is 3.63. The fourth-order valence-electron chi connectivity index (χ4n) is 2.55. The molecule has 138 valence electrons. The van der Waals surface area contributed by atoms with Crippen LogP contribution in [0.2, 0.25) is 0 Å². The lowest BCUT2D eigenvalue weighted by Gasteiger charge is -2.41. The number of carbonyl (C=O) groups is 2. The summed E-state index contributed by atoms with van der Waals surface area (Å²) in [7, 11) is 0. The summed E-state index contributed by atoms with van der Waals surface area (Å²) in [5.74, 6) is 0. The molecule has 1 saturated carbocycles. The van der Waals surface area contributed by atoms with Gasteiger partial charge in [0.25, 0.3) is 0 Å². The highest BCUT2D eigenvalue weighted by Crippen LogP contribution is 2.24. The smallest absolute Gasteiger partial charge is 0.433 e. The Hall–Kier alpha value is -1.63. The van der Waals surface area contributed by atoms with E-state index < -0.39 is 23.3 Å². The minimum Gasteiger partial charge on any atom is -0.443 e. The van der Waals surface area contributed by atoms with Crippen molar-refractivity contribution < 1.29 is 19.1 Å². The second-order valence-corrected chi connectivity index (χ2v) is 8.09. The SMILES string of the molecule is C=NC(=O)OC1CCCCC1NN(C(=O)OC(C)(C)C)C(C)(C)C. The van der Waals surface area contributed by atoms with E-state index >= 15 is 0 Å². The van der Waals surface area contributed by atoms with Crippen molar-refractivity contribution >= 4 is 18.9 Å². The van der Waals surface area contributed by atoms with Crippen LogP contribution in [0.4, 0.5) is 9.59 Å². The van der Waals surface area contributed by atoms with Crippen molar-refractivity contribution in [1.29, 1.82) is 0 Å². The summed E-state index contributed by atoms with van der Waals surface area (Å²) in [5.41, 5.74) is 2.13. The summed E-state index contributed by atoms with van der Waals surface area (Å²) in [4.78, 5) is 27.3. The molecule has 0 saturated heterocycles. The van der Waals surface area contributed by atoms with Gasteiger partial charge in [-0.1, -0.05) is 6.42 Å². The van der Waals surface area contributed by atoms with Crippen LogP contribution >= 0.6 is 0 Å². The summed E-state index contributed by atoms with van der Waals surface area (Å²) in [6.07, 6.45) is 2.01. The van der Waals surface area contributed by atoms with E-state index in [2.05, 4.69) is 17.1 Å². The third kappa shape index (κ3) is 6.47. The Balaban J connectivity index is 2.88. The summed E-state index contributed by atoms with van der Waals surface area (Å²) < 4.78 is 10.8. The number of hydrogen-bond acceptors (Lipinski definition) is 5. The maximum atomic E-state index is 12.6. The molecule has 7 nitrogen and oxygen atoms in total. The molecular weight excluding hydrogens is 310 g/mol. The summed E-state index contributed by atoms with van der Waals surface area (Å²) in [6.45, 7) is 14.4. The molecule has 0 aromatic carbocycles. The van der Waals surface area contributed by atoms with Crippen LogP contribution in [0.15, 0.2) is 4.99 Å². The molecule has 1 fully saturated rings. The Morgan fingerprint density at radius 2 is 1.71 bits per heavy atom. The topological polar surface area (TPSA) is 80.2 Å². The first-order chi connectivity index (χ1) is 10.9. The van der Waals surface area contributed by atoms with Crippen LogP contribution in [-0.2, 0) is 9.47 Å². The molecule has 0 spiro atoms. The number of amides is 2. The predicted octanol–water partition coefficient (Wildman–Crippen LogP) is 3.68. The monoisotopic (exact) mass is 341 g/mol. The molecular formula is C17H31N3O4. The summed E-state index contributed by atoms with van der Waals surface area (Å²) in [5, 5.41) is 1.48. The van der Waals surface area contributed by atoms with Gasteiger partial charge in [-0.15, -0.1) is 0 Å². The second kappa shape index (κ2) is 7.96. The van der Waals surface area contributed by atoms with Gasteiger partial charge in [-0.05, 0) is 67.5 Å². The normalized spacial score (nSPS) is 21.8. The molecule has 0 aromatic heterocycles. The first-order valence-corrected chi connectivity index (χ1v) is 8.41. The zero-order valence-electron chi connectivity index (χ0n) is 15.7. The van der Waals surface area contributed by atoms with Crippen molar-refractivity contribution in [3.63, 3.8) is 0 Å². The molecule has 24 heavy (non-hydrogen) atoms. The Morgan fingerprint density at radius 3 is 2.21 bits per heavy atom. The first kappa shape index (κ1) is 20.4. The highest BCUT2D eigenvalue weighted by molar-refractivity contribution is 5.73. The van der Waals surface area contributed by atoms with E-state index in [1.807, 2.05) is 41.5 Å². The van der Waals surface area contributed by atoms with Crippen molar-refractivity contribution in [2.75, 3.05) is 0 Å². The van der Waals surface area contributed by atoms with E-state index in [1.54, 1.807) is 0 Å². The van der Waals surface area contributed by atoms with Crippen molar-refractivity contribution in [3.8, 4) is 0 Å². The van der Waals surface area contributed by atoms with Gasteiger partial charge < -0.3 is 9.47 Å². The molecule has 2 amide bonds. The van der Waals surface area contributed by atoms with Gasteiger partial charge in [-0.2, -0.15) is 4.99 Å². The highest BCUT2D eigenvalue weighted by atomic mass is 16.6. The van der Waals surface area contributed by atoms with Crippen molar-refractivity contribution in [2.24, 2.45) is 4.99 Å². The molecule has 0 heterocycles. The van der Waals surface area contributed by atoms with Gasteiger partial charge in [0.2, 0.25) is 0 Å². The zero-order valence-corrected chi connectivity index (χ0v) is 15.7. The Labute approximate surface area is 144 Å². The fourth-order valence-corrected chi connectivity index (χ4v) is 2.55. The van der Waals surface area contributed by atoms with Crippen molar-refractivity contribution in [2.45, 2.75) is 90.5 Å². The minimum absolute atomic E-state index is 0.170. The van der Waals surface area contributed by atoms with Gasteiger partial charge in [-0.25, -0.2) is 20.0 Å². The fraction of sp³-hybridized carbons (Fsp3) is 0.824. The number of ether oxygens (including phenoxy) is 2. The lowest BCUT2D eigenvalue weighted by Crippen LogP contribution is -2.61. The van der Waals surface area contributed by atoms with Crippen LogP contribution in [0.25, 0.3) is 0 Å². The molecule has 2 atom stereocenters. The minimum atomic E-state index is -0.687. The molecule has 0 aliphatic heterocycles. The summed E-state index contributed by atoms with van der Waals surface area (Å²) in [6, 6.07) is -0.170. The standard InChI is InChI=1S/C17H31N3O4/c1-16(2,3)20(15(22)24-17(4,5)6)19-12-10-8-9-11-13(12)23-14(21)18-7/h12-13,19H,7-11H2,1-6H3. The van der Waals surface area contributed by atoms with Gasteiger partial charge in [0.1, 0.15) is 11.7 Å². The molecule has 1 aliphatic rings. The van der Waals surface area contributed by atoms with E-state index in [0.29, 0.717) is 0 Å². The number of nitrogens with one attached hydrogen (secondary N) is 1. The van der Waals surface area contributed by atoms with E-state index in [-0.39, 0.29) is 12.1 Å². The van der Waals surface area contributed by atoms with Crippen LogP contribution < -0.4 is 5.43 Å². The zero-order chi connectivity index (χ0) is 18.5. The molecule has 1 N–H and O–H groups in total. The molecule has 1 rings (SSSR count). The van der Waals surface area contributed by atoms with Crippen LogP contribution in [-0.4, -0.2) is 47.2 Å². The van der Waals surface area contributed by atoms with Gasteiger partial charge in [0.15, 0.2) is 0 Å². The molecule has 7 heteroatoms. The van der Waals surface area contributed by atoms with Gasteiger partial charge in [-0.3, -0.25) is 0 Å². The van der Waals surface area contributed by atoms with Gasteiger partial charge in [0, 0.05) is 0 Å². The molecule has 0 bridgehead atoms. The highest BCUT2D eigenvalue weighted by Gasteiger charge is 2.36. The molecule has 2 unspecified atom stereocenters. The number of nitrogens with zero attached hydrogens (tertiary/aromatic N) is 2. The lowest BCUT2D eigenvalue weighted by atomic mass is 9.92. The average Bonchev–Trinajstić information content (AvgIpc) is 2.42. The number of aliphatic imine (C=N–C) groups is 1.